The van der Waals surface area contributed by atoms with Gasteiger partial charge in [-0.2, -0.15) is 0 Å². The number of hydrogen-bond acceptors (Lipinski definition) is 7. The zero-order chi connectivity index (χ0) is 13.9. The van der Waals surface area contributed by atoms with Crippen molar-refractivity contribution in [3.8, 4) is 0 Å². The van der Waals surface area contributed by atoms with Gasteiger partial charge in [0, 0.05) is 7.11 Å². The summed E-state index contributed by atoms with van der Waals surface area (Å²) in [6.45, 7) is -0.582. The van der Waals surface area contributed by atoms with Crippen molar-refractivity contribution in [2.75, 3.05) is 13.7 Å². The molecule has 6 atom stereocenters. The quantitative estimate of drug-likeness (QED) is 0.510. The average molecular weight is 302 g/mol. The molecule has 1 N–H and O–H groups in total. The molecule has 0 aromatic carbocycles. The summed E-state index contributed by atoms with van der Waals surface area (Å²) in [6.07, 6.45) is -4.72. The zero-order valence-electron chi connectivity index (χ0n) is 9.17. The lowest BCUT2D eigenvalue weighted by Crippen LogP contribution is -2.34. The molecule has 1 rings (SSSR count). The molecular weight excluding hydrogens is 292 g/mol. The van der Waals surface area contributed by atoms with Crippen LogP contribution in [0.5, 0.6) is 0 Å². The van der Waals surface area contributed by atoms with Gasteiger partial charge in [-0.3, -0.25) is 9.05 Å². The third-order valence-electron chi connectivity index (χ3n) is 2.16. The van der Waals surface area contributed by atoms with Crippen LogP contribution in [0.2, 0.25) is 0 Å². The van der Waals surface area contributed by atoms with Crippen LogP contribution in [0.25, 0.3) is 0 Å². The number of rotatable bonds is 6. The Morgan fingerprint density at radius 1 is 1.67 bits per heavy atom. The van der Waals surface area contributed by atoms with E-state index < -0.39 is 47.1 Å². The van der Waals surface area contributed by atoms with E-state index in [0.717, 1.165) is 7.11 Å². The van der Waals surface area contributed by atoms with Crippen LogP contribution in [0, 0.1) is 0 Å². The topological polar surface area (TPSA) is 114 Å². The van der Waals surface area contributed by atoms with Gasteiger partial charge >= 0.3 is 16.1 Å². The Kier molecular flexibility index (Phi) is 5.83. The fraction of sp³-hybridized carbons (Fsp3) is 1.00. The summed E-state index contributed by atoms with van der Waals surface area (Å²) in [5.74, 6) is 0. The number of alkyl halides is 1. The van der Waals surface area contributed by atoms with Gasteiger partial charge in [0.2, 0.25) is 0 Å². The van der Waals surface area contributed by atoms with Crippen LogP contribution >= 0.6 is 16.1 Å². The second-order valence-electron chi connectivity index (χ2n) is 3.32. The van der Waals surface area contributed by atoms with Crippen LogP contribution in [0.4, 0.5) is 4.39 Å². The first-order chi connectivity index (χ1) is 8.26. The van der Waals surface area contributed by atoms with E-state index in [-0.39, 0.29) is 0 Å². The molecule has 0 aromatic rings. The number of phosphoric acid groups is 1. The van der Waals surface area contributed by atoms with Crippen LogP contribution in [-0.2, 0) is 27.4 Å². The molecule has 1 aliphatic heterocycles. The average Bonchev–Trinajstić information content (AvgIpc) is 2.54. The Bertz CT molecular complexity index is 356. The van der Waals surface area contributed by atoms with Gasteiger partial charge < -0.3 is 14.5 Å². The highest BCUT2D eigenvalue weighted by Crippen LogP contribution is 2.46. The molecule has 18 heavy (non-hydrogen) atoms. The van der Waals surface area contributed by atoms with Crippen LogP contribution in [-0.4, -0.2) is 50.8 Å². The molecule has 0 aromatic heterocycles. The lowest BCUT2D eigenvalue weighted by atomic mass is 9.94. The van der Waals surface area contributed by atoms with E-state index in [4.69, 9.17) is 17.5 Å². The van der Waals surface area contributed by atoms with E-state index in [1.54, 1.807) is 0 Å². The van der Waals surface area contributed by atoms with Crippen molar-refractivity contribution in [1.82, 2.24) is 0 Å². The normalized spacial score (nSPS) is 36.3. The predicted octanol–water partition coefficient (Wildman–Crippen LogP) is -0.616. The Hall–Kier alpha value is 0.0849. The van der Waals surface area contributed by atoms with Crippen molar-refractivity contribution in [3.05, 3.63) is 0 Å². The summed E-state index contributed by atoms with van der Waals surface area (Å²) in [7, 11) is -1.49. The van der Waals surface area contributed by atoms with Gasteiger partial charge in [-0.1, -0.05) is 0 Å². The summed E-state index contributed by atoms with van der Waals surface area (Å²) in [5.41, 5.74) is 0. The van der Waals surface area contributed by atoms with Gasteiger partial charge in [0.25, 0.3) is 0 Å². The maximum Gasteiger partial charge on any atom is 0.488 e. The number of ether oxygens (including phenoxy) is 1. The molecule has 0 spiro atoms. The monoisotopic (exact) mass is 302 g/mol. The minimum Gasteiger partial charge on any atom is -0.566 e. The van der Waals surface area contributed by atoms with Gasteiger partial charge in [-0.05, 0) is 4.57 Å². The summed E-state index contributed by atoms with van der Waals surface area (Å²) in [6, 6.07) is -1.41. The maximum atomic E-state index is 13.6. The first-order valence-corrected chi connectivity index (χ1v) is 7.25. The van der Waals surface area contributed by atoms with E-state index in [1.807, 2.05) is 0 Å². The van der Waals surface area contributed by atoms with Crippen LogP contribution in [0.1, 0.15) is 0 Å². The van der Waals surface area contributed by atoms with Gasteiger partial charge in [-0.25, -0.2) is 8.96 Å². The van der Waals surface area contributed by atoms with Gasteiger partial charge in [-0.15, -0.1) is 4.52 Å². The number of halogens is 1. The summed E-state index contributed by atoms with van der Waals surface area (Å²) < 4.78 is 52.6. The van der Waals surface area contributed by atoms with Crippen molar-refractivity contribution in [2.45, 2.75) is 24.4 Å². The highest BCUT2D eigenvalue weighted by atomic mass is 31.2. The van der Waals surface area contributed by atoms with E-state index >= 15 is 0 Å². The standard InChI is InChI=1S/C6H10BFO8P2/c1-13-18(11,12)16-5-3(2-14-17(9)10)15-6(7)4(5)8/h3-6H,2H2,1H3,(H,11,12)/t3-,4+,5?,6-/m1/s1. The molecule has 8 nitrogen and oxygen atoms in total. The van der Waals surface area contributed by atoms with E-state index in [1.165, 1.54) is 0 Å². The predicted molar refractivity (Wildman–Crippen MR) is 54.6 cm³/mol. The maximum absolute atomic E-state index is 13.6. The van der Waals surface area contributed by atoms with E-state index in [9.17, 15) is 18.4 Å². The Morgan fingerprint density at radius 3 is 2.78 bits per heavy atom. The van der Waals surface area contributed by atoms with Crippen LogP contribution in [0.15, 0.2) is 0 Å². The third kappa shape index (κ3) is 4.33. The zero-order valence-corrected chi connectivity index (χ0v) is 11.0. The Labute approximate surface area is 104 Å². The largest absolute Gasteiger partial charge is 0.566 e. The number of phosphoric ester groups is 1. The SMILES string of the molecule is [B][C@@H]1O[C@H](CO[P+](=O)[O-])C(OP(=O)(O)OC)[C@@H]1F. The minimum atomic E-state index is -4.45. The molecule has 1 fully saturated rings. The molecule has 0 saturated carbocycles. The molecule has 1 saturated heterocycles. The smallest absolute Gasteiger partial charge is 0.488 e. The minimum absolute atomic E-state index is 0.582. The molecule has 0 aliphatic carbocycles. The van der Waals surface area contributed by atoms with Gasteiger partial charge in [0.05, 0.1) is 6.00 Å². The van der Waals surface area contributed by atoms with Crippen molar-refractivity contribution in [3.63, 3.8) is 0 Å². The second kappa shape index (κ2) is 6.50. The molecule has 2 radical (unpaired) electrons. The highest BCUT2D eigenvalue weighted by Gasteiger charge is 2.47. The third-order valence-corrected chi connectivity index (χ3v) is 3.49. The molecule has 0 bridgehead atoms. The van der Waals surface area contributed by atoms with Crippen molar-refractivity contribution in [1.29, 1.82) is 0 Å². The summed E-state index contributed by atoms with van der Waals surface area (Å²) in [4.78, 5) is 19.3. The molecular formula is C6H10BFO8P2. The van der Waals surface area contributed by atoms with Crippen molar-refractivity contribution < 1.29 is 41.6 Å². The first kappa shape index (κ1) is 16.1. The fourth-order valence-electron chi connectivity index (χ4n) is 1.34. The van der Waals surface area contributed by atoms with Crippen molar-refractivity contribution >= 4 is 23.9 Å². The lowest BCUT2D eigenvalue weighted by molar-refractivity contribution is -0.188. The fourth-order valence-corrected chi connectivity index (χ4v) is 2.25. The molecule has 0 amide bonds. The molecule has 1 heterocycles. The highest BCUT2D eigenvalue weighted by molar-refractivity contribution is 7.47. The van der Waals surface area contributed by atoms with E-state index in [0.29, 0.717) is 0 Å². The van der Waals surface area contributed by atoms with E-state index in [2.05, 4.69) is 13.6 Å². The molecule has 1 aliphatic rings. The summed E-state index contributed by atoms with van der Waals surface area (Å²) >= 11 is 0. The Morgan fingerprint density at radius 2 is 2.28 bits per heavy atom. The van der Waals surface area contributed by atoms with Crippen LogP contribution < -0.4 is 4.89 Å². The molecule has 102 valence electrons. The summed E-state index contributed by atoms with van der Waals surface area (Å²) in [5, 5.41) is 0. The first-order valence-electron chi connectivity index (χ1n) is 4.66. The molecule has 3 unspecified atom stereocenters. The Balaban J connectivity index is 2.70. The van der Waals surface area contributed by atoms with Gasteiger partial charge in [0.1, 0.15) is 32.8 Å². The van der Waals surface area contributed by atoms with Crippen molar-refractivity contribution in [2.24, 2.45) is 0 Å². The molecule has 12 heteroatoms. The van der Waals surface area contributed by atoms with Crippen LogP contribution in [0.3, 0.4) is 0 Å². The number of hydrogen-bond donors (Lipinski definition) is 1. The van der Waals surface area contributed by atoms with Gasteiger partial charge in [0.15, 0.2) is 0 Å². The second-order valence-corrected chi connectivity index (χ2v) is 5.54. The lowest BCUT2D eigenvalue weighted by Gasteiger charge is -2.20.